The number of esters is 1. The summed E-state index contributed by atoms with van der Waals surface area (Å²) in [6, 6.07) is 13.3. The number of hydrogen-bond acceptors (Lipinski definition) is 5. The third-order valence-electron chi connectivity index (χ3n) is 6.76. The molecule has 2 saturated heterocycles. The van der Waals surface area contributed by atoms with Crippen molar-refractivity contribution in [3.63, 3.8) is 0 Å². The van der Waals surface area contributed by atoms with Gasteiger partial charge in [-0.1, -0.05) is 36.7 Å². The Bertz CT molecular complexity index is 1210. The van der Waals surface area contributed by atoms with Crippen molar-refractivity contribution in [3.05, 3.63) is 65.7 Å². The zero-order valence-electron chi connectivity index (χ0n) is 18.5. The van der Waals surface area contributed by atoms with Gasteiger partial charge in [-0.05, 0) is 48.7 Å². The van der Waals surface area contributed by atoms with E-state index in [1.54, 1.807) is 42.5 Å². The zero-order chi connectivity index (χ0) is 24.0. The van der Waals surface area contributed by atoms with Crippen LogP contribution in [0.4, 0.5) is 11.4 Å². The van der Waals surface area contributed by atoms with Gasteiger partial charge in [-0.2, -0.15) is 0 Å². The summed E-state index contributed by atoms with van der Waals surface area (Å²) in [5, 5.41) is 0.561. The number of imide groups is 1. The van der Waals surface area contributed by atoms with Gasteiger partial charge in [-0.15, -0.1) is 0 Å². The van der Waals surface area contributed by atoms with Gasteiger partial charge in [0.1, 0.15) is 5.75 Å². The summed E-state index contributed by atoms with van der Waals surface area (Å²) in [5.74, 6) is -2.30. The number of ether oxygens (including phenoxy) is 1. The van der Waals surface area contributed by atoms with E-state index in [9.17, 15) is 19.2 Å². The number of benzene rings is 2. The third-order valence-corrected chi connectivity index (χ3v) is 7.02. The number of fused-ring (bicyclic) bond motifs is 1. The van der Waals surface area contributed by atoms with Crippen LogP contribution in [0.1, 0.15) is 19.8 Å². The maximum Gasteiger partial charge on any atom is 0.316 e. The molecule has 0 bridgehead atoms. The van der Waals surface area contributed by atoms with Crippen LogP contribution in [0, 0.1) is 23.7 Å². The van der Waals surface area contributed by atoms with Crippen LogP contribution in [0.15, 0.2) is 60.7 Å². The molecular formula is C26H23ClN2O5. The summed E-state index contributed by atoms with van der Waals surface area (Å²) in [7, 11) is 0. The number of carbonyl (C=O) groups is 4. The van der Waals surface area contributed by atoms with Gasteiger partial charge in [0.05, 0.1) is 23.4 Å². The molecular weight excluding hydrogens is 456 g/mol. The largest absolute Gasteiger partial charge is 0.426 e. The molecule has 5 rings (SSSR count). The molecule has 2 aromatic rings. The molecule has 4 atom stereocenters. The molecule has 2 aliphatic heterocycles. The molecule has 0 radical (unpaired) electrons. The number of carbonyl (C=O) groups excluding carboxylic acids is 4. The molecule has 0 spiro atoms. The highest BCUT2D eigenvalue weighted by atomic mass is 35.5. The second-order valence-corrected chi connectivity index (χ2v) is 9.40. The fourth-order valence-electron chi connectivity index (χ4n) is 5.02. The topological polar surface area (TPSA) is 84.0 Å². The van der Waals surface area contributed by atoms with Crippen LogP contribution < -0.4 is 14.5 Å². The van der Waals surface area contributed by atoms with Gasteiger partial charge in [0.15, 0.2) is 0 Å². The van der Waals surface area contributed by atoms with Gasteiger partial charge in [0.25, 0.3) is 0 Å². The van der Waals surface area contributed by atoms with E-state index in [-0.39, 0.29) is 54.2 Å². The third kappa shape index (κ3) is 3.90. The van der Waals surface area contributed by atoms with Gasteiger partial charge in [0.2, 0.25) is 17.7 Å². The lowest BCUT2D eigenvalue weighted by molar-refractivity contribution is -0.139. The first-order valence-electron chi connectivity index (χ1n) is 11.3. The van der Waals surface area contributed by atoms with E-state index in [1.807, 2.05) is 19.1 Å². The fourth-order valence-corrected chi connectivity index (χ4v) is 5.15. The summed E-state index contributed by atoms with van der Waals surface area (Å²) in [5.41, 5.74) is 1.05. The minimum Gasteiger partial charge on any atom is -0.426 e. The smallest absolute Gasteiger partial charge is 0.316 e. The van der Waals surface area contributed by atoms with Crippen LogP contribution in [-0.4, -0.2) is 30.2 Å². The van der Waals surface area contributed by atoms with Crippen LogP contribution >= 0.6 is 11.6 Å². The minimum atomic E-state index is -0.628. The molecule has 2 aromatic carbocycles. The van der Waals surface area contributed by atoms with E-state index in [2.05, 4.69) is 0 Å². The van der Waals surface area contributed by atoms with Crippen LogP contribution in [0.5, 0.6) is 5.75 Å². The van der Waals surface area contributed by atoms with Gasteiger partial charge in [0, 0.05) is 29.7 Å². The molecule has 0 saturated carbocycles. The first kappa shape index (κ1) is 22.3. The first-order chi connectivity index (χ1) is 16.3. The average Bonchev–Trinajstić information content (AvgIpc) is 3.33. The summed E-state index contributed by atoms with van der Waals surface area (Å²) in [4.78, 5) is 54.1. The average molecular weight is 479 g/mol. The molecule has 3 aliphatic rings. The molecule has 7 nitrogen and oxygen atoms in total. The Morgan fingerprint density at radius 1 is 1.03 bits per heavy atom. The van der Waals surface area contributed by atoms with E-state index in [4.69, 9.17) is 16.3 Å². The van der Waals surface area contributed by atoms with Crippen LogP contribution in [0.2, 0.25) is 5.02 Å². The maximum atomic E-state index is 13.0. The van der Waals surface area contributed by atoms with Gasteiger partial charge >= 0.3 is 5.97 Å². The van der Waals surface area contributed by atoms with E-state index in [0.717, 1.165) is 0 Å². The number of nitrogens with zero attached hydrogens (tertiary/aromatic N) is 2. The molecule has 0 N–H and O–H groups in total. The van der Waals surface area contributed by atoms with Crippen molar-refractivity contribution in [1.29, 1.82) is 0 Å². The number of allylic oxidation sites excluding steroid dienone is 2. The van der Waals surface area contributed by atoms with Crippen molar-refractivity contribution in [3.8, 4) is 5.75 Å². The lowest BCUT2D eigenvalue weighted by Gasteiger charge is -2.22. The number of amides is 3. The molecule has 34 heavy (non-hydrogen) atoms. The summed E-state index contributed by atoms with van der Waals surface area (Å²) >= 11 is 5.92. The fraction of sp³-hybridized carbons (Fsp3) is 0.308. The van der Waals surface area contributed by atoms with E-state index in [0.29, 0.717) is 22.8 Å². The first-order valence-corrected chi connectivity index (χ1v) is 11.6. The Labute approximate surface area is 201 Å². The van der Waals surface area contributed by atoms with Crippen LogP contribution in [-0.2, 0) is 19.2 Å². The number of hydrogen-bond donors (Lipinski definition) is 0. The Hall–Kier alpha value is -3.45. The minimum absolute atomic E-state index is 0.00954. The van der Waals surface area contributed by atoms with Crippen LogP contribution in [0.25, 0.3) is 0 Å². The van der Waals surface area contributed by atoms with E-state index < -0.39 is 11.9 Å². The molecule has 0 aromatic heterocycles. The van der Waals surface area contributed by atoms with Crippen molar-refractivity contribution in [2.75, 3.05) is 16.3 Å². The normalized spacial score (nSPS) is 26.2. The lowest BCUT2D eigenvalue weighted by Crippen LogP contribution is -2.31. The van der Waals surface area contributed by atoms with Gasteiger partial charge < -0.3 is 9.64 Å². The van der Waals surface area contributed by atoms with Crippen molar-refractivity contribution < 1.29 is 23.9 Å². The van der Waals surface area contributed by atoms with Gasteiger partial charge in [-0.3, -0.25) is 19.2 Å². The number of halogens is 1. The highest BCUT2D eigenvalue weighted by molar-refractivity contribution is 6.30. The Morgan fingerprint density at radius 3 is 2.53 bits per heavy atom. The standard InChI is InChI=1S/C26H23ClN2O5/c1-15-4-2-7-21-23(15)25(32)29(24(21)31)19-5-3-6-20(13-19)34-26(33)16-12-22(30)28(14-16)18-10-8-17(27)9-11-18/h2-6,8-11,13,15-16,21,23H,7,12,14H2,1H3/t15-,16-,21+,23-/m1/s1. The van der Waals surface area contributed by atoms with Crippen molar-refractivity contribution in [2.24, 2.45) is 23.7 Å². The van der Waals surface area contributed by atoms with Crippen molar-refractivity contribution >= 4 is 46.7 Å². The Kier molecular flexibility index (Phi) is 5.73. The second-order valence-electron chi connectivity index (χ2n) is 8.97. The van der Waals surface area contributed by atoms with E-state index >= 15 is 0 Å². The number of rotatable bonds is 4. The number of anilines is 2. The molecule has 2 fully saturated rings. The summed E-state index contributed by atoms with van der Waals surface area (Å²) in [6.07, 6.45) is 4.52. The predicted molar refractivity (Wildman–Crippen MR) is 126 cm³/mol. The Balaban J connectivity index is 1.30. The maximum absolute atomic E-state index is 13.0. The molecule has 8 heteroatoms. The second kappa shape index (κ2) is 8.72. The molecule has 2 heterocycles. The Morgan fingerprint density at radius 2 is 1.79 bits per heavy atom. The molecule has 174 valence electrons. The van der Waals surface area contributed by atoms with Gasteiger partial charge in [-0.25, -0.2) is 4.90 Å². The highest BCUT2D eigenvalue weighted by Gasteiger charge is 2.50. The SMILES string of the molecule is C[C@@H]1C=CC[C@@H]2C(=O)N(c3cccc(OC(=O)[C@@H]4CC(=O)N(c5ccc(Cl)cc5)C4)c3)C(=O)[C@H]12. The summed E-state index contributed by atoms with van der Waals surface area (Å²) < 4.78 is 5.56. The highest BCUT2D eigenvalue weighted by Crippen LogP contribution is 2.41. The monoisotopic (exact) mass is 478 g/mol. The van der Waals surface area contributed by atoms with E-state index in [1.165, 1.54) is 15.9 Å². The molecule has 0 unspecified atom stereocenters. The van der Waals surface area contributed by atoms with Crippen LogP contribution in [0.3, 0.4) is 0 Å². The summed E-state index contributed by atoms with van der Waals surface area (Å²) in [6.45, 7) is 2.15. The van der Waals surface area contributed by atoms with Crippen molar-refractivity contribution in [1.82, 2.24) is 0 Å². The quantitative estimate of drug-likeness (QED) is 0.287. The van der Waals surface area contributed by atoms with Crippen molar-refractivity contribution in [2.45, 2.75) is 19.8 Å². The molecule has 3 amide bonds. The lowest BCUT2D eigenvalue weighted by atomic mass is 9.78. The zero-order valence-corrected chi connectivity index (χ0v) is 19.3. The molecule has 1 aliphatic carbocycles. The predicted octanol–water partition coefficient (Wildman–Crippen LogP) is 4.00.